The van der Waals surface area contributed by atoms with Crippen LogP contribution >= 0.6 is 0 Å². The highest BCUT2D eigenvalue weighted by molar-refractivity contribution is 5.85. The Morgan fingerprint density at radius 1 is 1.52 bits per heavy atom. The molecule has 1 aromatic rings. The lowest BCUT2D eigenvalue weighted by atomic mass is 10.1. The number of carboxylic acid groups (broad SMARTS) is 1. The summed E-state index contributed by atoms with van der Waals surface area (Å²) in [5.74, 6) is -0.422. The monoisotopic (exact) mass is 291 g/mol. The summed E-state index contributed by atoms with van der Waals surface area (Å²) in [5, 5.41) is 8.74. The number of benzene rings is 1. The van der Waals surface area contributed by atoms with Crippen molar-refractivity contribution in [3.63, 3.8) is 0 Å². The zero-order chi connectivity index (χ0) is 15.2. The molecular weight excluding hydrogens is 274 g/mol. The summed E-state index contributed by atoms with van der Waals surface area (Å²) < 4.78 is 10.3. The second-order valence-corrected chi connectivity index (χ2v) is 4.60. The van der Waals surface area contributed by atoms with E-state index >= 15 is 0 Å². The highest BCUT2D eigenvalue weighted by Gasteiger charge is 2.19. The normalized spacial score (nSPS) is 15.5. The van der Waals surface area contributed by atoms with Gasteiger partial charge in [-0.2, -0.15) is 0 Å². The second-order valence-electron chi connectivity index (χ2n) is 4.60. The molecule has 0 bridgehead atoms. The average molecular weight is 291 g/mol. The van der Waals surface area contributed by atoms with Crippen molar-refractivity contribution in [1.29, 1.82) is 0 Å². The molecule has 1 N–H and O–H groups in total. The van der Waals surface area contributed by atoms with Crippen LogP contribution in [-0.2, 0) is 20.9 Å². The zero-order valence-corrected chi connectivity index (χ0v) is 11.7. The number of rotatable bonds is 5. The Kier molecular flexibility index (Phi) is 4.94. The third-order valence-electron chi connectivity index (χ3n) is 3.20. The highest BCUT2D eigenvalue weighted by atomic mass is 16.5. The average Bonchev–Trinajstić information content (AvgIpc) is 2.48. The molecule has 1 saturated heterocycles. The lowest BCUT2D eigenvalue weighted by molar-refractivity contribution is -0.143. The van der Waals surface area contributed by atoms with E-state index in [4.69, 9.17) is 14.6 Å². The molecule has 1 fully saturated rings. The van der Waals surface area contributed by atoms with Gasteiger partial charge in [0, 0.05) is 19.2 Å². The van der Waals surface area contributed by atoms with E-state index in [2.05, 4.69) is 0 Å². The van der Waals surface area contributed by atoms with Crippen LogP contribution < -0.4 is 4.74 Å². The lowest BCUT2D eigenvalue weighted by Gasteiger charge is -2.27. The van der Waals surface area contributed by atoms with Gasteiger partial charge in [0.2, 0.25) is 5.91 Å². The summed E-state index contributed by atoms with van der Waals surface area (Å²) in [7, 11) is 1.56. The van der Waals surface area contributed by atoms with Gasteiger partial charge in [0.15, 0.2) is 0 Å². The van der Waals surface area contributed by atoms with Gasteiger partial charge in [-0.1, -0.05) is 6.07 Å². The topological polar surface area (TPSA) is 76.1 Å². The molecule has 0 unspecified atom stereocenters. The fourth-order valence-corrected chi connectivity index (χ4v) is 2.09. The molecule has 0 radical (unpaired) electrons. The maximum Gasteiger partial charge on any atom is 0.328 e. The van der Waals surface area contributed by atoms with Crippen molar-refractivity contribution >= 4 is 18.0 Å². The van der Waals surface area contributed by atoms with E-state index in [9.17, 15) is 9.59 Å². The van der Waals surface area contributed by atoms with Crippen molar-refractivity contribution in [2.45, 2.75) is 6.54 Å². The number of aliphatic carboxylic acids is 1. The highest BCUT2D eigenvalue weighted by Crippen LogP contribution is 2.21. The van der Waals surface area contributed by atoms with Crippen LogP contribution in [0.1, 0.15) is 11.1 Å². The number of hydrogen-bond acceptors (Lipinski definition) is 4. The minimum Gasteiger partial charge on any atom is -0.497 e. The quantitative estimate of drug-likeness (QED) is 0.824. The van der Waals surface area contributed by atoms with E-state index in [0.29, 0.717) is 25.4 Å². The number of morpholine rings is 1. The summed E-state index contributed by atoms with van der Waals surface area (Å²) in [5.41, 5.74) is 1.58. The molecule has 1 aliphatic rings. The number of ether oxygens (including phenoxy) is 2. The van der Waals surface area contributed by atoms with E-state index in [1.54, 1.807) is 24.1 Å². The van der Waals surface area contributed by atoms with Crippen molar-refractivity contribution < 1.29 is 24.2 Å². The molecule has 0 spiro atoms. The van der Waals surface area contributed by atoms with Crippen LogP contribution in [0.3, 0.4) is 0 Å². The van der Waals surface area contributed by atoms with Gasteiger partial charge in [0.1, 0.15) is 12.4 Å². The molecule has 0 aliphatic carbocycles. The molecule has 112 valence electrons. The van der Waals surface area contributed by atoms with Crippen molar-refractivity contribution in [3.05, 3.63) is 35.4 Å². The molecule has 0 aromatic heterocycles. The van der Waals surface area contributed by atoms with Gasteiger partial charge in [0.05, 0.1) is 13.7 Å². The predicted molar refractivity (Wildman–Crippen MR) is 75.9 cm³/mol. The van der Waals surface area contributed by atoms with Gasteiger partial charge in [0.25, 0.3) is 0 Å². The first kappa shape index (κ1) is 15.1. The van der Waals surface area contributed by atoms with Gasteiger partial charge in [-0.3, -0.25) is 4.79 Å². The molecule has 6 nitrogen and oxygen atoms in total. The molecule has 21 heavy (non-hydrogen) atoms. The van der Waals surface area contributed by atoms with Crippen LogP contribution in [0.15, 0.2) is 24.3 Å². The van der Waals surface area contributed by atoms with Crippen molar-refractivity contribution in [3.8, 4) is 5.75 Å². The molecule has 1 aromatic carbocycles. The van der Waals surface area contributed by atoms with Gasteiger partial charge in [-0.15, -0.1) is 0 Å². The van der Waals surface area contributed by atoms with E-state index in [1.165, 1.54) is 6.08 Å². The van der Waals surface area contributed by atoms with Gasteiger partial charge < -0.3 is 19.5 Å². The van der Waals surface area contributed by atoms with Crippen LogP contribution in [0.25, 0.3) is 6.08 Å². The molecular formula is C15H17NO5. The number of carbonyl (C=O) groups is 2. The van der Waals surface area contributed by atoms with Crippen LogP contribution in [-0.4, -0.2) is 48.8 Å². The fourth-order valence-electron chi connectivity index (χ4n) is 2.09. The van der Waals surface area contributed by atoms with Crippen molar-refractivity contribution in [2.24, 2.45) is 0 Å². The summed E-state index contributed by atoms with van der Waals surface area (Å²) in [4.78, 5) is 24.1. The van der Waals surface area contributed by atoms with E-state index in [0.717, 1.165) is 17.2 Å². The third-order valence-corrected chi connectivity index (χ3v) is 3.20. The van der Waals surface area contributed by atoms with E-state index in [1.807, 2.05) is 6.07 Å². The van der Waals surface area contributed by atoms with Crippen LogP contribution in [0.4, 0.5) is 0 Å². The molecule has 0 saturated carbocycles. The molecule has 1 amide bonds. The Hall–Kier alpha value is -2.34. The summed E-state index contributed by atoms with van der Waals surface area (Å²) in [6.45, 7) is 1.52. The number of nitrogens with zero attached hydrogens (tertiary/aromatic N) is 1. The summed E-state index contributed by atoms with van der Waals surface area (Å²) in [6.07, 6.45) is 2.59. The lowest BCUT2D eigenvalue weighted by Crippen LogP contribution is -2.41. The standard InChI is InChI=1S/C15H17NO5/c1-20-13-4-2-11(3-5-15(18)19)12(8-13)9-16-6-7-21-10-14(16)17/h2-5,8H,6-7,9-10H2,1H3,(H,18,19). The predicted octanol–water partition coefficient (Wildman–Crippen LogP) is 1.15. The number of carbonyl (C=O) groups excluding carboxylic acids is 1. The van der Waals surface area contributed by atoms with Crippen molar-refractivity contribution in [1.82, 2.24) is 4.90 Å². The second kappa shape index (κ2) is 6.90. The molecule has 1 aliphatic heterocycles. The van der Waals surface area contributed by atoms with E-state index in [-0.39, 0.29) is 12.5 Å². The van der Waals surface area contributed by atoms with Crippen LogP contribution in [0.2, 0.25) is 0 Å². The number of amides is 1. The Bertz CT molecular complexity index is 567. The Morgan fingerprint density at radius 2 is 2.33 bits per heavy atom. The SMILES string of the molecule is COc1ccc(C=CC(=O)O)c(CN2CCOCC2=O)c1. The number of carboxylic acids is 1. The Labute approximate surface area is 122 Å². The first-order valence-electron chi connectivity index (χ1n) is 6.53. The Balaban J connectivity index is 2.25. The molecule has 6 heteroatoms. The fraction of sp³-hybridized carbons (Fsp3) is 0.333. The maximum absolute atomic E-state index is 11.8. The first-order valence-corrected chi connectivity index (χ1v) is 6.53. The van der Waals surface area contributed by atoms with Crippen LogP contribution in [0.5, 0.6) is 5.75 Å². The Morgan fingerprint density at radius 3 is 3.00 bits per heavy atom. The van der Waals surface area contributed by atoms with Gasteiger partial charge >= 0.3 is 5.97 Å². The van der Waals surface area contributed by atoms with Crippen molar-refractivity contribution in [2.75, 3.05) is 26.9 Å². The minimum absolute atomic E-state index is 0.0720. The summed E-state index contributed by atoms with van der Waals surface area (Å²) in [6, 6.07) is 5.34. The largest absolute Gasteiger partial charge is 0.497 e. The number of methoxy groups -OCH3 is 1. The summed E-state index contributed by atoms with van der Waals surface area (Å²) >= 11 is 0. The molecule has 0 atom stereocenters. The molecule has 1 heterocycles. The van der Waals surface area contributed by atoms with E-state index < -0.39 is 5.97 Å². The minimum atomic E-state index is -1.01. The maximum atomic E-state index is 11.8. The number of hydrogen-bond donors (Lipinski definition) is 1. The van der Waals surface area contributed by atoms with Crippen LogP contribution in [0, 0.1) is 0 Å². The smallest absolute Gasteiger partial charge is 0.328 e. The first-order chi connectivity index (χ1) is 10.1. The van der Waals surface area contributed by atoms with Gasteiger partial charge in [-0.05, 0) is 29.3 Å². The third kappa shape index (κ3) is 4.06. The van der Waals surface area contributed by atoms with Gasteiger partial charge in [-0.25, -0.2) is 4.79 Å². The zero-order valence-electron chi connectivity index (χ0n) is 11.7. The molecule has 2 rings (SSSR count).